The van der Waals surface area contributed by atoms with Gasteiger partial charge in [0.2, 0.25) is 6.20 Å². The van der Waals surface area contributed by atoms with Crippen molar-refractivity contribution in [1.29, 1.82) is 0 Å². The Labute approximate surface area is 79.7 Å². The quantitative estimate of drug-likeness (QED) is 0.515. The lowest BCUT2D eigenvalue weighted by atomic mass is 10.3. The van der Waals surface area contributed by atoms with Gasteiger partial charge in [0.25, 0.3) is 0 Å². The molecule has 0 saturated heterocycles. The monoisotopic (exact) mass is 213 g/mol. The van der Waals surface area contributed by atoms with Crippen LogP contribution < -0.4 is 4.73 Å². The predicted octanol–water partition coefficient (Wildman–Crippen LogP) is -0.400. The zero-order valence-electron chi connectivity index (χ0n) is 7.26. The van der Waals surface area contributed by atoms with Crippen LogP contribution in [0.15, 0.2) is 23.5 Å². The van der Waals surface area contributed by atoms with Crippen LogP contribution >= 0.6 is 0 Å². The summed E-state index contributed by atoms with van der Waals surface area (Å²) in [7, 11) is -3.35. The number of aromatic nitrogens is 3. The molecule has 0 aliphatic carbocycles. The fraction of sp³-hybridized carbons (Fsp3) is 0.143. The number of pyridine rings is 1. The molecule has 0 unspecified atom stereocenters. The van der Waals surface area contributed by atoms with Crippen molar-refractivity contribution >= 4 is 20.7 Å². The van der Waals surface area contributed by atoms with E-state index >= 15 is 0 Å². The van der Waals surface area contributed by atoms with Crippen LogP contribution in [0.3, 0.4) is 0 Å². The summed E-state index contributed by atoms with van der Waals surface area (Å²) >= 11 is 0. The Kier molecular flexibility index (Phi) is 1.71. The lowest BCUT2D eigenvalue weighted by Gasteiger charge is -1.94. The van der Waals surface area contributed by atoms with Crippen molar-refractivity contribution in [2.75, 3.05) is 6.26 Å². The van der Waals surface area contributed by atoms with Crippen molar-refractivity contribution < 1.29 is 13.1 Å². The van der Waals surface area contributed by atoms with Gasteiger partial charge in [-0.05, 0) is 0 Å². The van der Waals surface area contributed by atoms with Crippen molar-refractivity contribution in [2.45, 2.75) is 5.03 Å². The molecule has 6 nitrogen and oxygen atoms in total. The van der Waals surface area contributed by atoms with Gasteiger partial charge in [0, 0.05) is 12.3 Å². The molecule has 14 heavy (non-hydrogen) atoms. The maximum atomic E-state index is 11.2. The zero-order valence-corrected chi connectivity index (χ0v) is 8.08. The second-order valence-corrected chi connectivity index (χ2v) is 4.86. The van der Waals surface area contributed by atoms with E-state index < -0.39 is 9.84 Å². The van der Waals surface area contributed by atoms with Crippen molar-refractivity contribution in [3.8, 4) is 0 Å². The number of hydrogen-bond donors (Lipinski definition) is 1. The number of aromatic amines is 1. The van der Waals surface area contributed by atoms with Gasteiger partial charge in [0.05, 0.1) is 5.39 Å². The third-order valence-corrected chi connectivity index (χ3v) is 2.81. The van der Waals surface area contributed by atoms with E-state index in [0.717, 1.165) is 6.26 Å². The van der Waals surface area contributed by atoms with E-state index in [9.17, 15) is 13.6 Å². The Morgan fingerprint density at radius 1 is 1.57 bits per heavy atom. The lowest BCUT2D eigenvalue weighted by Crippen LogP contribution is -2.23. The van der Waals surface area contributed by atoms with Crippen molar-refractivity contribution in [2.24, 2.45) is 0 Å². The minimum Gasteiger partial charge on any atom is -0.619 e. The molecular formula is C7H7N3O3S. The number of fused-ring (bicyclic) bond motifs is 1. The molecule has 1 N–H and O–H groups in total. The highest BCUT2D eigenvalue weighted by molar-refractivity contribution is 7.90. The Bertz CT molecular complexity index is 587. The molecule has 0 spiro atoms. The van der Waals surface area contributed by atoms with Crippen LogP contribution in [0.1, 0.15) is 0 Å². The highest BCUT2D eigenvalue weighted by Crippen LogP contribution is 2.17. The lowest BCUT2D eigenvalue weighted by molar-refractivity contribution is -0.604. The largest absolute Gasteiger partial charge is 0.619 e. The summed E-state index contributed by atoms with van der Waals surface area (Å²) in [6.45, 7) is 0. The van der Waals surface area contributed by atoms with E-state index in [1.807, 2.05) is 0 Å². The van der Waals surface area contributed by atoms with Crippen LogP contribution in [0.5, 0.6) is 0 Å². The van der Waals surface area contributed by atoms with E-state index in [-0.39, 0.29) is 5.03 Å². The first kappa shape index (κ1) is 8.95. The first-order chi connectivity index (χ1) is 6.48. The molecule has 2 rings (SSSR count). The Morgan fingerprint density at radius 3 is 2.93 bits per heavy atom. The number of hydrogen-bond acceptors (Lipinski definition) is 4. The Hall–Kier alpha value is -1.63. The Balaban J connectivity index is 2.83. The molecule has 0 aliphatic rings. The maximum Gasteiger partial charge on any atom is 0.206 e. The average molecular weight is 213 g/mol. The summed E-state index contributed by atoms with van der Waals surface area (Å²) in [4.78, 5) is 0. The van der Waals surface area contributed by atoms with Crippen LogP contribution in [0.25, 0.3) is 10.9 Å². The smallest absolute Gasteiger partial charge is 0.206 e. The normalized spacial score (nSPS) is 12.1. The van der Waals surface area contributed by atoms with Gasteiger partial charge in [0.1, 0.15) is 5.52 Å². The minimum absolute atomic E-state index is 0.0342. The third kappa shape index (κ3) is 1.31. The molecule has 74 valence electrons. The summed E-state index contributed by atoms with van der Waals surface area (Å²) in [6.07, 6.45) is 3.53. The van der Waals surface area contributed by atoms with Gasteiger partial charge >= 0.3 is 0 Å². The SMILES string of the molecule is CS(=O)(=O)c1n[nH]c2c[n+]([O-])ccc12. The van der Waals surface area contributed by atoms with E-state index in [2.05, 4.69) is 10.2 Å². The van der Waals surface area contributed by atoms with Gasteiger partial charge in [-0.15, -0.1) is 0 Å². The van der Waals surface area contributed by atoms with Gasteiger partial charge < -0.3 is 5.21 Å². The van der Waals surface area contributed by atoms with Gasteiger partial charge in [0.15, 0.2) is 21.1 Å². The topological polar surface area (TPSA) is 89.8 Å². The molecule has 0 aromatic carbocycles. The summed E-state index contributed by atoms with van der Waals surface area (Å²) < 4.78 is 23.0. The van der Waals surface area contributed by atoms with Gasteiger partial charge in [-0.25, -0.2) is 8.42 Å². The highest BCUT2D eigenvalue weighted by atomic mass is 32.2. The fourth-order valence-electron chi connectivity index (χ4n) is 1.21. The molecule has 0 atom stereocenters. The third-order valence-electron chi connectivity index (χ3n) is 1.79. The number of nitrogens with one attached hydrogen (secondary N) is 1. The van der Waals surface area contributed by atoms with Crippen LogP contribution in [0.2, 0.25) is 0 Å². The van der Waals surface area contributed by atoms with Gasteiger partial charge in [-0.1, -0.05) is 0 Å². The van der Waals surface area contributed by atoms with E-state index in [1.165, 1.54) is 18.5 Å². The standard InChI is InChI=1S/C7H7N3O3S/c1-14(12,13)7-5-2-3-10(11)4-6(5)8-9-7/h2-4H,1H3,(H,8,9). The molecule has 0 bridgehead atoms. The highest BCUT2D eigenvalue weighted by Gasteiger charge is 2.16. The van der Waals surface area contributed by atoms with E-state index in [1.54, 1.807) is 0 Å². The fourth-order valence-corrected chi connectivity index (χ4v) is 2.00. The van der Waals surface area contributed by atoms with Crippen LogP contribution in [0, 0.1) is 5.21 Å². The van der Waals surface area contributed by atoms with Crippen LogP contribution in [-0.4, -0.2) is 24.9 Å². The van der Waals surface area contributed by atoms with E-state index in [0.29, 0.717) is 15.6 Å². The van der Waals surface area contributed by atoms with Crippen LogP contribution in [-0.2, 0) is 9.84 Å². The molecule has 2 aromatic rings. The molecule has 0 radical (unpaired) electrons. The molecule has 0 aliphatic heterocycles. The first-order valence-electron chi connectivity index (χ1n) is 3.75. The number of rotatable bonds is 1. The summed E-state index contributed by atoms with van der Waals surface area (Å²) in [6, 6.07) is 1.42. The van der Waals surface area contributed by atoms with Crippen molar-refractivity contribution in [3.05, 3.63) is 23.7 Å². The van der Waals surface area contributed by atoms with Gasteiger partial charge in [-0.2, -0.15) is 9.83 Å². The molecule has 7 heteroatoms. The molecule has 2 aromatic heterocycles. The molecule has 2 heterocycles. The molecule has 0 amide bonds. The molecular weight excluding hydrogens is 206 g/mol. The minimum atomic E-state index is -3.35. The molecule has 0 saturated carbocycles. The second kappa shape index (κ2) is 2.68. The van der Waals surface area contributed by atoms with Crippen molar-refractivity contribution in [1.82, 2.24) is 10.2 Å². The predicted molar refractivity (Wildman–Crippen MR) is 48.2 cm³/mol. The summed E-state index contributed by atoms with van der Waals surface area (Å²) in [5, 5.41) is 17.4. The zero-order chi connectivity index (χ0) is 10.3. The summed E-state index contributed by atoms with van der Waals surface area (Å²) in [5.74, 6) is 0. The molecule has 0 fully saturated rings. The number of sulfone groups is 1. The number of H-pyrrole nitrogens is 1. The second-order valence-electron chi connectivity index (χ2n) is 2.93. The average Bonchev–Trinajstić information content (AvgIpc) is 2.45. The summed E-state index contributed by atoms with van der Waals surface area (Å²) in [5.41, 5.74) is 0.405. The maximum absolute atomic E-state index is 11.2. The van der Waals surface area contributed by atoms with Crippen LogP contribution in [0.4, 0.5) is 0 Å². The number of nitrogens with zero attached hydrogens (tertiary/aromatic N) is 2. The van der Waals surface area contributed by atoms with Crippen molar-refractivity contribution in [3.63, 3.8) is 0 Å². The van der Waals surface area contributed by atoms with Gasteiger partial charge in [-0.3, -0.25) is 5.10 Å². The Morgan fingerprint density at radius 2 is 2.29 bits per heavy atom. The van der Waals surface area contributed by atoms with E-state index in [4.69, 9.17) is 0 Å². The first-order valence-corrected chi connectivity index (χ1v) is 5.64.